The highest BCUT2D eigenvalue weighted by Gasteiger charge is 2.32. The van der Waals surface area contributed by atoms with E-state index in [-0.39, 0.29) is 12.4 Å². The number of esters is 1. The van der Waals surface area contributed by atoms with E-state index in [0.717, 1.165) is 5.56 Å². The first-order valence-electron chi connectivity index (χ1n) is 5.49. The SMILES string of the molecule is CCOC(=O)C(C)(C)Oc1cc(C)ccc1F. The van der Waals surface area contributed by atoms with E-state index < -0.39 is 17.4 Å². The summed E-state index contributed by atoms with van der Waals surface area (Å²) in [4.78, 5) is 11.6. The third-order valence-corrected chi connectivity index (χ3v) is 2.22. The fraction of sp³-hybridized carbons (Fsp3) is 0.462. The van der Waals surface area contributed by atoms with E-state index in [9.17, 15) is 9.18 Å². The van der Waals surface area contributed by atoms with Crippen LogP contribution in [0.1, 0.15) is 26.3 Å². The fourth-order valence-electron chi connectivity index (χ4n) is 1.31. The molecule has 0 saturated carbocycles. The molecule has 0 aliphatic carbocycles. The molecule has 1 aromatic carbocycles. The van der Waals surface area contributed by atoms with Crippen molar-refractivity contribution >= 4 is 5.97 Å². The molecule has 0 amide bonds. The molecule has 0 atom stereocenters. The first kappa shape index (κ1) is 13.5. The molecule has 0 saturated heterocycles. The summed E-state index contributed by atoms with van der Waals surface area (Å²) in [6.45, 7) is 6.90. The number of hydrogen-bond donors (Lipinski definition) is 0. The minimum absolute atomic E-state index is 0.0584. The molecule has 0 fully saturated rings. The summed E-state index contributed by atoms with van der Waals surface area (Å²) in [6.07, 6.45) is 0. The third kappa shape index (κ3) is 3.44. The molecule has 0 radical (unpaired) electrons. The third-order valence-electron chi connectivity index (χ3n) is 2.22. The lowest BCUT2D eigenvalue weighted by atomic mass is 10.1. The maximum atomic E-state index is 13.5. The minimum atomic E-state index is -1.20. The van der Waals surface area contributed by atoms with E-state index in [1.807, 2.05) is 6.92 Å². The highest BCUT2D eigenvalue weighted by Crippen LogP contribution is 2.24. The normalized spacial score (nSPS) is 11.1. The predicted octanol–water partition coefficient (Wildman–Crippen LogP) is 2.85. The second-order valence-corrected chi connectivity index (χ2v) is 4.27. The lowest BCUT2D eigenvalue weighted by molar-refractivity contribution is -0.158. The van der Waals surface area contributed by atoms with Crippen LogP contribution >= 0.6 is 0 Å². The van der Waals surface area contributed by atoms with Crippen LogP contribution in [0.25, 0.3) is 0 Å². The molecule has 94 valence electrons. The van der Waals surface area contributed by atoms with Gasteiger partial charge in [0.1, 0.15) is 0 Å². The number of carbonyl (C=O) groups is 1. The van der Waals surface area contributed by atoms with E-state index in [1.165, 1.54) is 6.07 Å². The standard InChI is InChI=1S/C13H17FO3/c1-5-16-12(15)13(3,4)17-11-8-9(2)6-7-10(11)14/h6-8H,5H2,1-4H3. The molecule has 4 heteroatoms. The summed E-state index contributed by atoms with van der Waals surface area (Å²) < 4.78 is 23.7. The second-order valence-electron chi connectivity index (χ2n) is 4.27. The van der Waals surface area contributed by atoms with Gasteiger partial charge in [-0.2, -0.15) is 0 Å². The van der Waals surface area contributed by atoms with Gasteiger partial charge in [0.15, 0.2) is 17.2 Å². The van der Waals surface area contributed by atoms with E-state index >= 15 is 0 Å². The topological polar surface area (TPSA) is 35.5 Å². The van der Waals surface area contributed by atoms with Crippen LogP contribution in [0.15, 0.2) is 18.2 Å². The summed E-state index contributed by atoms with van der Waals surface area (Å²) >= 11 is 0. The molecule has 17 heavy (non-hydrogen) atoms. The number of halogens is 1. The van der Waals surface area contributed by atoms with Crippen molar-refractivity contribution in [3.05, 3.63) is 29.6 Å². The Bertz CT molecular complexity index is 413. The molecule has 0 unspecified atom stereocenters. The molecule has 3 nitrogen and oxygen atoms in total. The zero-order valence-electron chi connectivity index (χ0n) is 10.5. The summed E-state index contributed by atoms with van der Waals surface area (Å²) in [7, 11) is 0. The molecule has 0 aromatic heterocycles. The molecular weight excluding hydrogens is 223 g/mol. The molecule has 0 aliphatic rings. The number of benzene rings is 1. The van der Waals surface area contributed by atoms with E-state index in [2.05, 4.69) is 0 Å². The van der Waals surface area contributed by atoms with Gasteiger partial charge in [-0.25, -0.2) is 9.18 Å². The van der Waals surface area contributed by atoms with Crippen molar-refractivity contribution in [1.82, 2.24) is 0 Å². The van der Waals surface area contributed by atoms with Crippen molar-refractivity contribution in [2.75, 3.05) is 6.61 Å². The van der Waals surface area contributed by atoms with Crippen molar-refractivity contribution in [3.63, 3.8) is 0 Å². The number of carbonyl (C=O) groups excluding carboxylic acids is 1. The predicted molar refractivity (Wildman–Crippen MR) is 62.5 cm³/mol. The van der Waals surface area contributed by atoms with Crippen molar-refractivity contribution < 1.29 is 18.7 Å². The van der Waals surface area contributed by atoms with Gasteiger partial charge in [0.05, 0.1) is 6.61 Å². The smallest absolute Gasteiger partial charge is 0.349 e. The largest absolute Gasteiger partial charge is 0.473 e. The Morgan fingerprint density at radius 3 is 2.65 bits per heavy atom. The van der Waals surface area contributed by atoms with Crippen molar-refractivity contribution in [2.24, 2.45) is 0 Å². The summed E-state index contributed by atoms with van der Waals surface area (Å²) in [5, 5.41) is 0. The maximum Gasteiger partial charge on any atom is 0.349 e. The van der Waals surface area contributed by atoms with Gasteiger partial charge in [0.2, 0.25) is 0 Å². The molecule has 0 heterocycles. The Kier molecular flexibility index (Phi) is 4.10. The van der Waals surface area contributed by atoms with Crippen LogP contribution in [-0.4, -0.2) is 18.2 Å². The summed E-state index contributed by atoms with van der Waals surface area (Å²) in [6, 6.07) is 4.50. The van der Waals surface area contributed by atoms with Crippen LogP contribution in [0.2, 0.25) is 0 Å². The van der Waals surface area contributed by atoms with Gasteiger partial charge in [0, 0.05) is 0 Å². The fourth-order valence-corrected chi connectivity index (χ4v) is 1.31. The average molecular weight is 240 g/mol. The average Bonchev–Trinajstić information content (AvgIpc) is 2.23. The monoisotopic (exact) mass is 240 g/mol. The van der Waals surface area contributed by atoms with Gasteiger partial charge in [-0.15, -0.1) is 0 Å². The summed E-state index contributed by atoms with van der Waals surface area (Å²) in [5.74, 6) is -0.947. The maximum absolute atomic E-state index is 13.5. The van der Waals surface area contributed by atoms with E-state index in [0.29, 0.717) is 0 Å². The van der Waals surface area contributed by atoms with E-state index in [4.69, 9.17) is 9.47 Å². The first-order chi connectivity index (χ1) is 7.86. The first-order valence-corrected chi connectivity index (χ1v) is 5.49. The van der Waals surface area contributed by atoms with Crippen molar-refractivity contribution in [1.29, 1.82) is 0 Å². The van der Waals surface area contributed by atoms with Crippen molar-refractivity contribution in [2.45, 2.75) is 33.3 Å². The van der Waals surface area contributed by atoms with Gasteiger partial charge in [-0.05, 0) is 45.4 Å². The quantitative estimate of drug-likeness (QED) is 0.759. The second kappa shape index (κ2) is 5.17. The molecule has 0 spiro atoms. The Morgan fingerprint density at radius 1 is 1.41 bits per heavy atom. The van der Waals surface area contributed by atoms with Crippen LogP contribution in [0.4, 0.5) is 4.39 Å². The molecule has 1 rings (SSSR count). The van der Waals surface area contributed by atoms with Crippen LogP contribution in [0, 0.1) is 12.7 Å². The van der Waals surface area contributed by atoms with Gasteiger partial charge in [0.25, 0.3) is 0 Å². The van der Waals surface area contributed by atoms with Crippen LogP contribution in [0.3, 0.4) is 0 Å². The van der Waals surface area contributed by atoms with Crippen LogP contribution in [0.5, 0.6) is 5.75 Å². The molecule has 0 bridgehead atoms. The molecule has 0 N–H and O–H groups in total. The van der Waals surface area contributed by atoms with Gasteiger partial charge in [-0.1, -0.05) is 6.07 Å². The Hall–Kier alpha value is -1.58. The number of hydrogen-bond acceptors (Lipinski definition) is 3. The highest BCUT2D eigenvalue weighted by atomic mass is 19.1. The number of aryl methyl sites for hydroxylation is 1. The number of ether oxygens (including phenoxy) is 2. The number of rotatable bonds is 4. The zero-order chi connectivity index (χ0) is 13.1. The van der Waals surface area contributed by atoms with Gasteiger partial charge < -0.3 is 9.47 Å². The van der Waals surface area contributed by atoms with Crippen molar-refractivity contribution in [3.8, 4) is 5.75 Å². The lowest BCUT2D eigenvalue weighted by Gasteiger charge is -2.24. The Balaban J connectivity index is 2.89. The Labute approximate surface area is 101 Å². The molecule has 0 aliphatic heterocycles. The zero-order valence-corrected chi connectivity index (χ0v) is 10.5. The summed E-state index contributed by atoms with van der Waals surface area (Å²) in [5.41, 5.74) is -0.342. The van der Waals surface area contributed by atoms with E-state index in [1.54, 1.807) is 32.9 Å². The highest BCUT2D eigenvalue weighted by molar-refractivity contribution is 5.79. The molecule has 1 aromatic rings. The van der Waals surface area contributed by atoms with Crippen LogP contribution < -0.4 is 4.74 Å². The van der Waals surface area contributed by atoms with Crippen LogP contribution in [-0.2, 0) is 9.53 Å². The minimum Gasteiger partial charge on any atom is -0.473 e. The Morgan fingerprint density at radius 2 is 2.06 bits per heavy atom. The lowest BCUT2D eigenvalue weighted by Crippen LogP contribution is -2.40. The van der Waals surface area contributed by atoms with Gasteiger partial charge >= 0.3 is 5.97 Å². The molecular formula is C13H17FO3. The van der Waals surface area contributed by atoms with Gasteiger partial charge in [-0.3, -0.25) is 0 Å².